The van der Waals surface area contributed by atoms with E-state index < -0.39 is 10.8 Å². The van der Waals surface area contributed by atoms with Crippen LogP contribution in [0.25, 0.3) is 0 Å². The van der Waals surface area contributed by atoms with E-state index in [9.17, 15) is 13.8 Å². The molecule has 1 aromatic carbocycles. The highest BCUT2D eigenvalue weighted by molar-refractivity contribution is 7.84. The molecule has 1 saturated heterocycles. The predicted molar refractivity (Wildman–Crippen MR) is 90.8 cm³/mol. The smallest absolute Gasteiger partial charge is 0.251 e. The number of carbonyl (C=O) groups is 2. The number of nitrogens with zero attached hydrogens (tertiary/aromatic N) is 1. The normalized spacial score (nSPS) is 16.5. The Labute approximate surface area is 139 Å². The van der Waals surface area contributed by atoms with E-state index in [4.69, 9.17) is 0 Å². The number of likely N-dealkylation sites (tertiary alicyclic amines) is 1. The van der Waals surface area contributed by atoms with Crippen LogP contribution in [0.2, 0.25) is 0 Å². The fraction of sp³-hybridized carbons (Fsp3) is 0.529. The molecule has 0 aliphatic carbocycles. The number of nitrogens with one attached hydrogen (secondary N) is 1. The Bertz CT molecular complexity index is 564. The molecule has 0 bridgehead atoms. The van der Waals surface area contributed by atoms with Crippen molar-refractivity contribution in [2.24, 2.45) is 0 Å². The number of benzene rings is 1. The van der Waals surface area contributed by atoms with Crippen LogP contribution >= 0.6 is 0 Å². The van der Waals surface area contributed by atoms with Gasteiger partial charge in [-0.1, -0.05) is 12.8 Å². The van der Waals surface area contributed by atoms with E-state index in [1.165, 1.54) is 12.8 Å². The fourth-order valence-electron chi connectivity index (χ4n) is 2.66. The van der Waals surface area contributed by atoms with Crippen molar-refractivity contribution in [3.8, 4) is 0 Å². The molecule has 0 radical (unpaired) electrons. The molecule has 1 heterocycles. The van der Waals surface area contributed by atoms with Gasteiger partial charge in [0.25, 0.3) is 5.91 Å². The van der Waals surface area contributed by atoms with Crippen molar-refractivity contribution < 1.29 is 13.8 Å². The second-order valence-electron chi connectivity index (χ2n) is 5.78. The van der Waals surface area contributed by atoms with Crippen molar-refractivity contribution >= 4 is 22.6 Å². The van der Waals surface area contributed by atoms with Crippen LogP contribution in [-0.4, -0.2) is 46.8 Å². The van der Waals surface area contributed by atoms with Gasteiger partial charge in [-0.25, -0.2) is 0 Å². The molecule has 23 heavy (non-hydrogen) atoms. The number of amides is 2. The number of carbonyl (C=O) groups excluding carboxylic acids is 2. The minimum absolute atomic E-state index is 0.115. The standard InChI is InChI=1S/C17H24N2O3S/c1-23(22)15-8-6-14(7-9-15)17(21)18-11-10-16(20)19-12-4-2-3-5-13-19/h6-9H,2-5,10-13H2,1H3,(H,18,21). The maximum atomic E-state index is 12.1. The first kappa shape index (κ1) is 17.7. The molecule has 5 nitrogen and oxygen atoms in total. The predicted octanol–water partition coefficient (Wildman–Crippen LogP) is 1.95. The SMILES string of the molecule is CS(=O)c1ccc(C(=O)NCCC(=O)N2CCCCCC2)cc1. The van der Waals surface area contributed by atoms with Crippen molar-refractivity contribution in [2.75, 3.05) is 25.9 Å². The summed E-state index contributed by atoms with van der Waals surface area (Å²) < 4.78 is 11.3. The molecule has 1 unspecified atom stereocenters. The van der Waals surface area contributed by atoms with Crippen molar-refractivity contribution in [3.63, 3.8) is 0 Å². The van der Waals surface area contributed by atoms with E-state index in [0.717, 1.165) is 25.9 Å². The van der Waals surface area contributed by atoms with E-state index in [0.29, 0.717) is 23.4 Å². The Morgan fingerprint density at radius 2 is 1.70 bits per heavy atom. The maximum absolute atomic E-state index is 12.1. The third kappa shape index (κ3) is 5.46. The van der Waals surface area contributed by atoms with E-state index in [1.54, 1.807) is 30.5 Å². The molecule has 1 aliphatic heterocycles. The molecule has 0 spiro atoms. The lowest BCUT2D eigenvalue weighted by atomic mass is 10.2. The lowest BCUT2D eigenvalue weighted by Gasteiger charge is -2.20. The summed E-state index contributed by atoms with van der Waals surface area (Å²) >= 11 is 0. The van der Waals surface area contributed by atoms with Gasteiger partial charge in [-0.3, -0.25) is 13.8 Å². The van der Waals surface area contributed by atoms with Crippen LogP contribution in [0.5, 0.6) is 0 Å². The van der Waals surface area contributed by atoms with Crippen LogP contribution in [0.3, 0.4) is 0 Å². The second-order valence-corrected chi connectivity index (χ2v) is 7.16. The summed E-state index contributed by atoms with van der Waals surface area (Å²) in [5.74, 6) is -0.0916. The third-order valence-corrected chi connectivity index (χ3v) is 4.97. The minimum Gasteiger partial charge on any atom is -0.352 e. The van der Waals surface area contributed by atoms with Gasteiger partial charge in [-0.05, 0) is 37.1 Å². The van der Waals surface area contributed by atoms with E-state index in [2.05, 4.69) is 5.32 Å². The number of hydrogen-bond donors (Lipinski definition) is 1. The average Bonchev–Trinajstić information content (AvgIpc) is 2.84. The quantitative estimate of drug-likeness (QED) is 0.894. The van der Waals surface area contributed by atoms with Gasteiger partial charge in [0, 0.05) is 53.6 Å². The van der Waals surface area contributed by atoms with Gasteiger partial charge in [-0.2, -0.15) is 0 Å². The Morgan fingerprint density at radius 3 is 2.26 bits per heavy atom. The molecule has 126 valence electrons. The molecular formula is C17H24N2O3S. The number of hydrogen-bond acceptors (Lipinski definition) is 3. The Kier molecular flexibility index (Phi) is 6.77. The number of rotatable bonds is 5. The summed E-state index contributed by atoms with van der Waals surface area (Å²) in [7, 11) is -1.05. The van der Waals surface area contributed by atoms with Gasteiger partial charge in [-0.15, -0.1) is 0 Å². The summed E-state index contributed by atoms with van der Waals surface area (Å²) in [5.41, 5.74) is 0.515. The van der Waals surface area contributed by atoms with Crippen LogP contribution in [0.4, 0.5) is 0 Å². The molecule has 2 rings (SSSR count). The molecule has 1 atom stereocenters. The summed E-state index contributed by atoms with van der Waals surface area (Å²) in [4.78, 5) is 26.8. The monoisotopic (exact) mass is 336 g/mol. The van der Waals surface area contributed by atoms with Crippen molar-refractivity contribution in [1.82, 2.24) is 10.2 Å². The zero-order valence-corrected chi connectivity index (χ0v) is 14.4. The van der Waals surface area contributed by atoms with Gasteiger partial charge in [0.2, 0.25) is 5.91 Å². The van der Waals surface area contributed by atoms with E-state index >= 15 is 0 Å². The molecule has 1 N–H and O–H groups in total. The fourth-order valence-corrected chi connectivity index (χ4v) is 3.18. The lowest BCUT2D eigenvalue weighted by molar-refractivity contribution is -0.131. The first-order valence-corrected chi connectivity index (χ1v) is 9.63. The van der Waals surface area contributed by atoms with Crippen LogP contribution in [0.15, 0.2) is 29.2 Å². The maximum Gasteiger partial charge on any atom is 0.251 e. The van der Waals surface area contributed by atoms with E-state index in [1.807, 2.05) is 4.90 Å². The molecule has 0 aromatic heterocycles. The summed E-state index contributed by atoms with van der Waals surface area (Å²) in [6, 6.07) is 6.69. The second kappa shape index (κ2) is 8.82. The molecule has 0 saturated carbocycles. The summed E-state index contributed by atoms with van der Waals surface area (Å²) in [6.07, 6.45) is 6.47. The first-order chi connectivity index (χ1) is 11.1. The molecule has 2 amide bonds. The highest BCUT2D eigenvalue weighted by atomic mass is 32.2. The zero-order valence-electron chi connectivity index (χ0n) is 13.5. The Hall–Kier alpha value is -1.69. The van der Waals surface area contributed by atoms with Crippen LogP contribution in [0, 0.1) is 0 Å². The highest BCUT2D eigenvalue weighted by Crippen LogP contribution is 2.11. The van der Waals surface area contributed by atoms with Gasteiger partial charge >= 0.3 is 0 Å². The highest BCUT2D eigenvalue weighted by Gasteiger charge is 2.15. The summed E-state index contributed by atoms with van der Waals surface area (Å²) in [6.45, 7) is 2.01. The molecule has 1 aliphatic rings. The van der Waals surface area contributed by atoms with Crippen molar-refractivity contribution in [1.29, 1.82) is 0 Å². The van der Waals surface area contributed by atoms with Gasteiger partial charge in [0.1, 0.15) is 0 Å². The molecule has 6 heteroatoms. The molecule has 1 aromatic rings. The largest absolute Gasteiger partial charge is 0.352 e. The van der Waals surface area contributed by atoms with Crippen LogP contribution in [0.1, 0.15) is 42.5 Å². The Balaban J connectivity index is 1.77. The van der Waals surface area contributed by atoms with Gasteiger partial charge in [0.05, 0.1) is 0 Å². The van der Waals surface area contributed by atoms with Gasteiger partial charge in [0.15, 0.2) is 0 Å². The van der Waals surface area contributed by atoms with Crippen LogP contribution in [-0.2, 0) is 15.6 Å². The molecule has 1 fully saturated rings. The first-order valence-electron chi connectivity index (χ1n) is 8.07. The Morgan fingerprint density at radius 1 is 1.09 bits per heavy atom. The minimum atomic E-state index is -1.05. The average molecular weight is 336 g/mol. The molecular weight excluding hydrogens is 312 g/mol. The lowest BCUT2D eigenvalue weighted by Crippen LogP contribution is -2.35. The topological polar surface area (TPSA) is 66.5 Å². The summed E-state index contributed by atoms with van der Waals surface area (Å²) in [5, 5.41) is 2.77. The van der Waals surface area contributed by atoms with Gasteiger partial charge < -0.3 is 10.2 Å². The van der Waals surface area contributed by atoms with Crippen LogP contribution < -0.4 is 5.32 Å². The van der Waals surface area contributed by atoms with E-state index in [-0.39, 0.29) is 11.8 Å². The third-order valence-electron chi connectivity index (χ3n) is 4.03. The van der Waals surface area contributed by atoms with Crippen molar-refractivity contribution in [2.45, 2.75) is 37.0 Å². The van der Waals surface area contributed by atoms with Crippen molar-refractivity contribution in [3.05, 3.63) is 29.8 Å². The zero-order chi connectivity index (χ0) is 16.7.